The number of nitrogens with two attached hydrogens (primary N) is 1. The number of benzene rings is 1. The van der Waals surface area contributed by atoms with Crippen molar-refractivity contribution in [2.45, 2.75) is 25.8 Å². The number of hydrogen-bond donors (Lipinski definition) is 4. The minimum Gasteiger partial charge on any atom is -0.506 e. The number of halogens is 3. The van der Waals surface area contributed by atoms with E-state index in [2.05, 4.69) is 10.3 Å². The summed E-state index contributed by atoms with van der Waals surface area (Å²) >= 11 is 6.15. The number of hydrogen-bond acceptors (Lipinski definition) is 7. The van der Waals surface area contributed by atoms with Crippen LogP contribution in [0.4, 0.5) is 14.5 Å². The first kappa shape index (κ1) is 29.0. The molecular formula is C26H24ClF2N5O5. The van der Waals surface area contributed by atoms with Gasteiger partial charge in [-0.3, -0.25) is 19.0 Å². The molecule has 2 aromatic heterocycles. The molecule has 0 fully saturated rings. The van der Waals surface area contributed by atoms with Crippen molar-refractivity contribution in [2.24, 2.45) is 5.73 Å². The summed E-state index contributed by atoms with van der Waals surface area (Å²) in [6, 6.07) is 7.24. The normalized spacial score (nSPS) is 12.2. The number of carbonyl (C=O) groups excluding carboxylic acids is 2. The average Bonchev–Trinajstić information content (AvgIpc) is 2.89. The van der Waals surface area contributed by atoms with E-state index in [4.69, 9.17) is 27.5 Å². The van der Waals surface area contributed by atoms with Gasteiger partial charge < -0.3 is 26.3 Å². The van der Waals surface area contributed by atoms with Crippen LogP contribution in [0.1, 0.15) is 35.4 Å². The summed E-state index contributed by atoms with van der Waals surface area (Å²) in [6.45, 7) is 1.70. The van der Waals surface area contributed by atoms with Gasteiger partial charge in [-0.05, 0) is 36.2 Å². The molecule has 10 nitrogen and oxygen atoms in total. The summed E-state index contributed by atoms with van der Waals surface area (Å²) < 4.78 is 32.3. The number of carbonyl (C=O) groups is 2. The smallest absolute Gasteiger partial charge is 0.294 e. The van der Waals surface area contributed by atoms with E-state index in [0.29, 0.717) is 6.08 Å². The molecule has 3 aromatic rings. The van der Waals surface area contributed by atoms with Gasteiger partial charge in [-0.1, -0.05) is 24.6 Å². The van der Waals surface area contributed by atoms with Crippen molar-refractivity contribution in [1.82, 2.24) is 9.55 Å². The number of amides is 2. The number of alkyl halides is 2. The number of ether oxygens (including phenoxy) is 1. The van der Waals surface area contributed by atoms with Gasteiger partial charge in [-0.15, -0.1) is 0 Å². The first-order valence-electron chi connectivity index (χ1n) is 11.4. The van der Waals surface area contributed by atoms with Crippen LogP contribution >= 0.6 is 11.6 Å². The summed E-state index contributed by atoms with van der Waals surface area (Å²) in [5.74, 6) is -2.43. The lowest BCUT2D eigenvalue weighted by Gasteiger charge is -2.20. The van der Waals surface area contributed by atoms with Crippen molar-refractivity contribution in [3.05, 3.63) is 87.3 Å². The van der Waals surface area contributed by atoms with E-state index in [9.17, 15) is 28.3 Å². The summed E-state index contributed by atoms with van der Waals surface area (Å²) in [6.07, 6.45) is 0.223. The number of aromatic nitrogens is 2. The second-order valence-corrected chi connectivity index (χ2v) is 8.62. The highest BCUT2D eigenvalue weighted by Gasteiger charge is 2.23. The second-order valence-electron chi connectivity index (χ2n) is 8.18. The molecule has 0 aliphatic carbocycles. The summed E-state index contributed by atoms with van der Waals surface area (Å²) in [5.41, 5.74) is 4.92. The van der Waals surface area contributed by atoms with E-state index in [-0.39, 0.29) is 45.3 Å². The lowest BCUT2D eigenvalue weighted by molar-refractivity contribution is -0.119. The van der Waals surface area contributed by atoms with E-state index >= 15 is 0 Å². The van der Waals surface area contributed by atoms with Crippen molar-refractivity contribution in [2.75, 3.05) is 12.4 Å². The summed E-state index contributed by atoms with van der Waals surface area (Å²) in [7, 11) is 1.33. The number of nitrogens with zero attached hydrogens (tertiary/aromatic N) is 2. The summed E-state index contributed by atoms with van der Waals surface area (Å²) in [4.78, 5) is 41.3. The number of rotatable bonds is 10. The number of methoxy groups -OCH3 is 1. The molecular weight excluding hydrogens is 536 g/mol. The van der Waals surface area contributed by atoms with Crippen molar-refractivity contribution in [1.29, 1.82) is 5.41 Å². The largest absolute Gasteiger partial charge is 0.506 e. The van der Waals surface area contributed by atoms with E-state index < -0.39 is 41.3 Å². The van der Waals surface area contributed by atoms with E-state index in [1.54, 1.807) is 6.92 Å². The molecule has 1 aromatic carbocycles. The molecule has 5 N–H and O–H groups in total. The maximum atomic E-state index is 13.2. The fourth-order valence-electron chi connectivity index (χ4n) is 3.76. The van der Waals surface area contributed by atoms with Crippen LogP contribution in [0, 0.1) is 5.41 Å². The van der Waals surface area contributed by atoms with E-state index in [1.807, 2.05) is 0 Å². The molecule has 3 rings (SSSR count). The average molecular weight is 560 g/mol. The van der Waals surface area contributed by atoms with Gasteiger partial charge in [0.2, 0.25) is 5.91 Å². The van der Waals surface area contributed by atoms with Crippen LogP contribution in [0.2, 0.25) is 5.02 Å². The van der Waals surface area contributed by atoms with Gasteiger partial charge in [0, 0.05) is 28.3 Å². The lowest BCUT2D eigenvalue weighted by atomic mass is 9.96. The van der Waals surface area contributed by atoms with E-state index in [0.717, 1.165) is 0 Å². The predicted molar refractivity (Wildman–Crippen MR) is 142 cm³/mol. The standard InChI is InChI=1S/C26H24ClF2N5O5/c1-3-20(26(38)33-14-5-7-19(25(31)37)32-11-14)34-12-22(39-2)17(9-23(34)36)16-8-13(27)4-6-15(16)18(30)10-21(35)24(28)29/h4-12,20,24,30,35H,3H2,1-2H3,(H2,31,37)(H,33,38)/b21-10-,30-18?. The van der Waals surface area contributed by atoms with Gasteiger partial charge in [-0.2, -0.15) is 0 Å². The lowest BCUT2D eigenvalue weighted by Crippen LogP contribution is -2.32. The van der Waals surface area contributed by atoms with Crippen molar-refractivity contribution in [3.8, 4) is 16.9 Å². The Hall–Kier alpha value is -4.58. The molecule has 1 unspecified atom stereocenters. The maximum absolute atomic E-state index is 13.2. The molecule has 0 saturated heterocycles. The molecule has 2 heterocycles. The van der Waals surface area contributed by atoms with Crippen LogP contribution < -0.4 is 21.3 Å². The molecule has 0 bridgehead atoms. The fourth-order valence-corrected chi connectivity index (χ4v) is 3.93. The van der Waals surface area contributed by atoms with Gasteiger partial charge in [0.1, 0.15) is 17.5 Å². The molecule has 0 spiro atoms. The molecule has 0 saturated carbocycles. The Labute approximate surface area is 226 Å². The van der Waals surface area contributed by atoms with Crippen molar-refractivity contribution in [3.63, 3.8) is 0 Å². The van der Waals surface area contributed by atoms with Crippen LogP contribution in [0.25, 0.3) is 11.1 Å². The Bertz CT molecular complexity index is 1510. The Balaban J connectivity index is 2.03. The van der Waals surface area contributed by atoms with E-state index in [1.165, 1.54) is 60.5 Å². The molecule has 1 atom stereocenters. The van der Waals surface area contributed by atoms with Crippen LogP contribution in [0.3, 0.4) is 0 Å². The van der Waals surface area contributed by atoms with Gasteiger partial charge in [0.15, 0.2) is 5.76 Å². The highest BCUT2D eigenvalue weighted by Crippen LogP contribution is 2.34. The Morgan fingerprint density at radius 1 is 1.26 bits per heavy atom. The molecule has 13 heteroatoms. The number of aliphatic hydroxyl groups is 1. The van der Waals surface area contributed by atoms with Crippen LogP contribution in [-0.2, 0) is 4.79 Å². The maximum Gasteiger partial charge on any atom is 0.294 e. The molecule has 0 aliphatic heterocycles. The SMILES string of the molecule is CCC(C(=O)Nc1ccc(C(N)=O)nc1)n1cc(OC)c(-c2cc(Cl)ccc2C(=N)/C=C(\O)C(F)F)cc1=O. The van der Waals surface area contributed by atoms with Crippen LogP contribution in [0.15, 0.2) is 65.4 Å². The quantitative estimate of drug-likeness (QED) is 0.213. The zero-order valence-corrected chi connectivity index (χ0v) is 21.5. The Morgan fingerprint density at radius 2 is 1.97 bits per heavy atom. The molecule has 204 valence electrons. The zero-order valence-electron chi connectivity index (χ0n) is 20.7. The highest BCUT2D eigenvalue weighted by atomic mass is 35.5. The van der Waals surface area contributed by atoms with Gasteiger partial charge >= 0.3 is 0 Å². The number of allylic oxidation sites excluding steroid dienone is 2. The Morgan fingerprint density at radius 3 is 2.54 bits per heavy atom. The monoisotopic (exact) mass is 559 g/mol. The first-order chi connectivity index (χ1) is 18.5. The number of primary amides is 1. The summed E-state index contributed by atoms with van der Waals surface area (Å²) in [5, 5.41) is 20.5. The second kappa shape index (κ2) is 12.3. The van der Waals surface area contributed by atoms with Gasteiger partial charge in [0.05, 0.1) is 30.9 Å². The van der Waals surface area contributed by atoms with Gasteiger partial charge in [0.25, 0.3) is 17.9 Å². The third-order valence-electron chi connectivity index (χ3n) is 5.65. The zero-order chi connectivity index (χ0) is 28.9. The molecule has 39 heavy (non-hydrogen) atoms. The molecule has 2 amide bonds. The predicted octanol–water partition coefficient (Wildman–Crippen LogP) is 4.34. The minimum absolute atomic E-state index is 0.0185. The van der Waals surface area contributed by atoms with Crippen molar-refractivity contribution < 1.29 is 28.2 Å². The molecule has 0 aliphatic rings. The Kier molecular flexibility index (Phi) is 9.15. The number of pyridine rings is 2. The van der Waals surface area contributed by atoms with Crippen LogP contribution in [0.5, 0.6) is 5.75 Å². The first-order valence-corrected chi connectivity index (χ1v) is 11.8. The minimum atomic E-state index is -3.17. The number of anilines is 1. The third-order valence-corrected chi connectivity index (χ3v) is 5.89. The van der Waals surface area contributed by atoms with Gasteiger partial charge in [-0.25, -0.2) is 13.8 Å². The fraction of sp³-hybridized carbons (Fsp3) is 0.192. The topological polar surface area (TPSA) is 160 Å². The number of aliphatic hydroxyl groups excluding tert-OH is 1. The molecule has 0 radical (unpaired) electrons. The third kappa shape index (κ3) is 6.65. The number of nitrogens with one attached hydrogen (secondary N) is 2. The highest BCUT2D eigenvalue weighted by molar-refractivity contribution is 6.31. The van der Waals surface area contributed by atoms with Crippen LogP contribution in [-0.4, -0.2) is 45.7 Å². The van der Waals surface area contributed by atoms with Crippen molar-refractivity contribution >= 4 is 34.8 Å².